The minimum atomic E-state index is -2.84. The number of rotatable bonds is 4. The lowest BCUT2D eigenvalue weighted by Gasteiger charge is -2.42. The van der Waals surface area contributed by atoms with E-state index in [0.717, 1.165) is 4.90 Å². The molecule has 12 heteroatoms. The van der Waals surface area contributed by atoms with E-state index in [9.17, 15) is 23.2 Å². The van der Waals surface area contributed by atoms with Gasteiger partial charge in [0.1, 0.15) is 23.1 Å². The number of aromatic nitrogens is 2. The van der Waals surface area contributed by atoms with E-state index in [1.807, 2.05) is 0 Å². The molecule has 1 spiro atoms. The molecule has 2 aliphatic rings. The highest BCUT2D eigenvalue weighted by Gasteiger charge is 2.64. The van der Waals surface area contributed by atoms with E-state index >= 15 is 0 Å². The molecule has 4 rings (SSSR count). The molecule has 0 atom stereocenters. The lowest BCUT2D eigenvalue weighted by molar-refractivity contribution is -0.176. The van der Waals surface area contributed by atoms with Gasteiger partial charge in [0.2, 0.25) is 11.8 Å². The van der Waals surface area contributed by atoms with Crippen LogP contribution in [0.3, 0.4) is 0 Å². The maximum Gasteiger partial charge on any atom is 0.329 e. The molecule has 33 heavy (non-hydrogen) atoms. The van der Waals surface area contributed by atoms with Crippen LogP contribution in [-0.4, -0.2) is 64.3 Å². The standard InChI is InChI=1S/C21H22F2N6O4/c1-28(2)18(31)27-16-9-13(5-7-24-16)33-14-3-4-15(25-10-14)26-19(32)29-8-6-20(17(29)30)11-21(22,23)12-20/h3-5,7,9-10H,6,8,11-12H2,1-2H3,(H,24,27,31)(H,25,26,32). The van der Waals surface area contributed by atoms with Gasteiger partial charge in [0.05, 0.1) is 11.6 Å². The molecule has 2 fully saturated rings. The summed E-state index contributed by atoms with van der Waals surface area (Å²) < 4.78 is 32.2. The van der Waals surface area contributed by atoms with Crippen molar-refractivity contribution in [3.05, 3.63) is 36.7 Å². The first kappa shape index (κ1) is 22.4. The number of amides is 5. The van der Waals surface area contributed by atoms with Gasteiger partial charge >= 0.3 is 12.1 Å². The van der Waals surface area contributed by atoms with Crippen LogP contribution in [0, 0.1) is 5.41 Å². The molecule has 5 amide bonds. The molecule has 2 aromatic rings. The number of carbonyl (C=O) groups is 3. The molecule has 2 N–H and O–H groups in total. The van der Waals surface area contributed by atoms with Crippen LogP contribution in [0.25, 0.3) is 0 Å². The van der Waals surface area contributed by atoms with Crippen molar-refractivity contribution in [3.8, 4) is 11.5 Å². The summed E-state index contributed by atoms with van der Waals surface area (Å²) in [4.78, 5) is 47.1. The first-order chi connectivity index (χ1) is 15.6. The Kier molecular flexibility index (Phi) is 5.60. The lowest BCUT2D eigenvalue weighted by Crippen LogP contribution is -2.52. The maximum absolute atomic E-state index is 13.3. The van der Waals surface area contributed by atoms with Crippen LogP contribution < -0.4 is 15.4 Å². The molecule has 174 valence electrons. The molecular weight excluding hydrogens is 438 g/mol. The number of anilines is 2. The molecule has 0 aromatic carbocycles. The van der Waals surface area contributed by atoms with Gasteiger partial charge in [0.25, 0.3) is 0 Å². The minimum absolute atomic E-state index is 0.0939. The predicted octanol–water partition coefficient (Wildman–Crippen LogP) is 3.54. The molecule has 1 saturated heterocycles. The number of alkyl halides is 2. The largest absolute Gasteiger partial charge is 0.456 e. The molecule has 2 aromatic heterocycles. The van der Waals surface area contributed by atoms with E-state index in [-0.39, 0.29) is 24.8 Å². The van der Waals surface area contributed by atoms with Gasteiger partial charge in [-0.05, 0) is 24.6 Å². The van der Waals surface area contributed by atoms with Crippen LogP contribution in [-0.2, 0) is 4.79 Å². The topological polar surface area (TPSA) is 117 Å². The average molecular weight is 460 g/mol. The molecule has 1 aliphatic heterocycles. The van der Waals surface area contributed by atoms with Crippen LogP contribution in [0.1, 0.15) is 19.3 Å². The summed E-state index contributed by atoms with van der Waals surface area (Å²) in [7, 11) is 3.20. The molecule has 10 nitrogen and oxygen atoms in total. The van der Waals surface area contributed by atoms with Crippen molar-refractivity contribution >= 4 is 29.6 Å². The van der Waals surface area contributed by atoms with Crippen molar-refractivity contribution in [2.45, 2.75) is 25.2 Å². The molecule has 1 saturated carbocycles. The highest BCUT2D eigenvalue weighted by molar-refractivity contribution is 6.04. The Morgan fingerprint density at radius 1 is 1.09 bits per heavy atom. The highest BCUT2D eigenvalue weighted by atomic mass is 19.3. The quantitative estimate of drug-likeness (QED) is 0.721. The normalized spacial score (nSPS) is 17.9. The molecule has 3 heterocycles. The van der Waals surface area contributed by atoms with Gasteiger partial charge < -0.3 is 9.64 Å². The van der Waals surface area contributed by atoms with Crippen LogP contribution in [0.4, 0.5) is 30.0 Å². The Morgan fingerprint density at radius 3 is 2.48 bits per heavy atom. The van der Waals surface area contributed by atoms with Crippen molar-refractivity contribution in [3.63, 3.8) is 0 Å². The van der Waals surface area contributed by atoms with Crippen molar-refractivity contribution < 1.29 is 27.9 Å². The van der Waals surface area contributed by atoms with Crippen LogP contribution >= 0.6 is 0 Å². The second-order valence-corrected chi connectivity index (χ2v) is 8.31. The van der Waals surface area contributed by atoms with E-state index < -0.39 is 36.1 Å². The third-order valence-corrected chi connectivity index (χ3v) is 5.53. The number of nitrogens with zero attached hydrogens (tertiary/aromatic N) is 4. The fourth-order valence-corrected chi connectivity index (χ4v) is 3.87. The third-order valence-electron chi connectivity index (χ3n) is 5.53. The minimum Gasteiger partial charge on any atom is -0.456 e. The van der Waals surface area contributed by atoms with Crippen LogP contribution in [0.2, 0.25) is 0 Å². The summed E-state index contributed by atoms with van der Waals surface area (Å²) in [5.41, 5.74) is -1.12. The molecule has 1 aliphatic carbocycles. The third kappa shape index (κ3) is 4.69. The summed E-state index contributed by atoms with van der Waals surface area (Å²) in [5, 5.41) is 5.11. The van der Waals surface area contributed by atoms with E-state index in [1.165, 1.54) is 29.4 Å². The summed E-state index contributed by atoms with van der Waals surface area (Å²) >= 11 is 0. The number of hydrogen-bond acceptors (Lipinski definition) is 6. The summed E-state index contributed by atoms with van der Waals surface area (Å²) in [6.07, 6.45) is 2.05. The van der Waals surface area contributed by atoms with E-state index in [0.29, 0.717) is 17.3 Å². The highest BCUT2D eigenvalue weighted by Crippen LogP contribution is 2.57. The summed E-state index contributed by atoms with van der Waals surface area (Å²) in [5.74, 6) is -2.16. The van der Waals surface area contributed by atoms with Crippen molar-refractivity contribution in [1.29, 1.82) is 0 Å². The molecule has 0 unspecified atom stereocenters. The Morgan fingerprint density at radius 2 is 1.85 bits per heavy atom. The Bertz CT molecular complexity index is 1080. The number of likely N-dealkylation sites (tertiary alicyclic amines) is 1. The first-order valence-corrected chi connectivity index (χ1v) is 10.2. The van der Waals surface area contributed by atoms with Gasteiger partial charge in [-0.25, -0.2) is 28.3 Å². The zero-order valence-corrected chi connectivity index (χ0v) is 18.0. The number of carbonyl (C=O) groups excluding carboxylic acids is 3. The zero-order chi connectivity index (χ0) is 23.8. The van der Waals surface area contributed by atoms with Crippen molar-refractivity contribution in [2.75, 3.05) is 31.3 Å². The summed E-state index contributed by atoms with van der Waals surface area (Å²) in [6, 6.07) is 5.13. The van der Waals surface area contributed by atoms with Gasteiger partial charge in [-0.3, -0.25) is 20.3 Å². The lowest BCUT2D eigenvalue weighted by atomic mass is 9.65. The molecule has 0 bridgehead atoms. The second kappa shape index (κ2) is 8.26. The van der Waals surface area contributed by atoms with Crippen LogP contribution in [0.15, 0.2) is 36.7 Å². The maximum atomic E-state index is 13.3. The van der Waals surface area contributed by atoms with E-state index in [1.54, 1.807) is 26.2 Å². The van der Waals surface area contributed by atoms with Gasteiger partial charge in [-0.15, -0.1) is 0 Å². The van der Waals surface area contributed by atoms with E-state index in [2.05, 4.69) is 20.6 Å². The monoisotopic (exact) mass is 460 g/mol. The predicted molar refractivity (Wildman–Crippen MR) is 113 cm³/mol. The van der Waals surface area contributed by atoms with Gasteiger partial charge in [0.15, 0.2) is 0 Å². The smallest absolute Gasteiger partial charge is 0.329 e. The van der Waals surface area contributed by atoms with Crippen molar-refractivity contribution in [1.82, 2.24) is 19.8 Å². The Balaban J connectivity index is 1.34. The number of nitrogens with one attached hydrogen (secondary N) is 2. The number of imide groups is 1. The fourth-order valence-electron chi connectivity index (χ4n) is 3.87. The van der Waals surface area contributed by atoms with Gasteiger partial charge in [0, 0.05) is 45.7 Å². The SMILES string of the molecule is CN(C)C(=O)Nc1cc(Oc2ccc(NC(=O)N3CCC4(CC(F)(F)C4)C3=O)nc2)ccn1. The van der Waals surface area contributed by atoms with E-state index in [4.69, 9.17) is 4.74 Å². The fraction of sp³-hybridized carbons (Fsp3) is 0.381. The van der Waals surface area contributed by atoms with Crippen LogP contribution in [0.5, 0.6) is 11.5 Å². The number of halogens is 2. The summed E-state index contributed by atoms with van der Waals surface area (Å²) in [6.45, 7) is 0.0939. The molecular formula is C21H22F2N6O4. The van der Waals surface area contributed by atoms with Gasteiger partial charge in [-0.1, -0.05) is 0 Å². The number of urea groups is 2. The first-order valence-electron chi connectivity index (χ1n) is 10.2. The zero-order valence-electron chi connectivity index (χ0n) is 18.0. The number of hydrogen-bond donors (Lipinski definition) is 2. The van der Waals surface area contributed by atoms with Gasteiger partial charge in [-0.2, -0.15) is 0 Å². The number of ether oxygens (including phenoxy) is 1. The Hall–Kier alpha value is -3.83. The second-order valence-electron chi connectivity index (χ2n) is 8.31. The Labute approximate surface area is 187 Å². The average Bonchev–Trinajstić information content (AvgIpc) is 3.05. The van der Waals surface area contributed by atoms with Crippen molar-refractivity contribution in [2.24, 2.45) is 5.41 Å². The number of pyridine rings is 2. The molecule has 0 radical (unpaired) electrons.